The third kappa shape index (κ3) is 4.65. The number of fused-ring (bicyclic) bond motifs is 1. The topological polar surface area (TPSA) is 91.7 Å². The normalized spacial score (nSPS) is 13.6. The SMILES string of the molecule is Cc1ccc(COc2cc(F)cc(Oc3ccc(-c4nc(C5CC(=O)C5)n5ccnc(N)c45)cc3)c2)s1. The molecular formula is C28H23FN4O3S. The number of imidazole rings is 1. The lowest BCUT2D eigenvalue weighted by atomic mass is 9.83. The van der Waals surface area contributed by atoms with Gasteiger partial charge in [-0.15, -0.1) is 11.3 Å². The van der Waals surface area contributed by atoms with Crippen LogP contribution >= 0.6 is 11.3 Å². The number of hydrogen-bond donors (Lipinski definition) is 1. The Balaban J connectivity index is 1.23. The van der Waals surface area contributed by atoms with E-state index in [1.54, 1.807) is 35.7 Å². The molecule has 0 aliphatic heterocycles. The van der Waals surface area contributed by atoms with E-state index < -0.39 is 5.82 Å². The van der Waals surface area contributed by atoms with Crippen molar-refractivity contribution in [2.75, 3.05) is 5.73 Å². The fourth-order valence-electron chi connectivity index (χ4n) is 4.46. The molecular weight excluding hydrogens is 491 g/mol. The summed E-state index contributed by atoms with van der Waals surface area (Å²) in [6.07, 6.45) is 4.42. The second-order valence-corrected chi connectivity index (χ2v) is 10.4. The minimum Gasteiger partial charge on any atom is -0.488 e. The van der Waals surface area contributed by atoms with Gasteiger partial charge >= 0.3 is 0 Å². The van der Waals surface area contributed by atoms with Gasteiger partial charge < -0.3 is 15.2 Å². The van der Waals surface area contributed by atoms with Crippen LogP contribution in [0.5, 0.6) is 17.2 Å². The Morgan fingerprint density at radius 3 is 2.59 bits per heavy atom. The van der Waals surface area contributed by atoms with Crippen molar-refractivity contribution >= 4 is 28.5 Å². The fraction of sp³-hybridized carbons (Fsp3) is 0.179. The second kappa shape index (κ2) is 9.33. The van der Waals surface area contributed by atoms with Crippen molar-refractivity contribution in [3.8, 4) is 28.5 Å². The van der Waals surface area contributed by atoms with Crippen LogP contribution in [0.25, 0.3) is 16.8 Å². The molecule has 37 heavy (non-hydrogen) atoms. The molecule has 3 heterocycles. The molecule has 0 bridgehead atoms. The van der Waals surface area contributed by atoms with Gasteiger partial charge in [0.05, 0.1) is 0 Å². The number of nitrogen functional groups attached to an aromatic ring is 1. The zero-order chi connectivity index (χ0) is 25.5. The van der Waals surface area contributed by atoms with Crippen molar-refractivity contribution < 1.29 is 18.7 Å². The summed E-state index contributed by atoms with van der Waals surface area (Å²) in [6.45, 7) is 2.40. The first-order valence-electron chi connectivity index (χ1n) is 11.8. The highest BCUT2D eigenvalue weighted by molar-refractivity contribution is 7.11. The number of ether oxygens (including phenoxy) is 2. The molecule has 0 radical (unpaired) electrons. The predicted octanol–water partition coefficient (Wildman–Crippen LogP) is 6.31. The number of halogens is 1. The monoisotopic (exact) mass is 514 g/mol. The Bertz CT molecular complexity index is 1620. The van der Waals surface area contributed by atoms with E-state index in [0.717, 1.165) is 16.3 Å². The molecule has 9 heteroatoms. The number of carbonyl (C=O) groups excluding carboxylic acids is 1. The first-order valence-corrected chi connectivity index (χ1v) is 12.7. The van der Waals surface area contributed by atoms with E-state index in [1.807, 2.05) is 41.8 Å². The number of anilines is 1. The molecule has 0 atom stereocenters. The van der Waals surface area contributed by atoms with Crippen LogP contribution in [0, 0.1) is 12.7 Å². The van der Waals surface area contributed by atoms with E-state index in [9.17, 15) is 9.18 Å². The summed E-state index contributed by atoms with van der Waals surface area (Å²) >= 11 is 1.64. The highest BCUT2D eigenvalue weighted by atomic mass is 32.1. The first-order chi connectivity index (χ1) is 17.9. The number of Topliss-reactive ketones (excluding diaryl/α,β-unsaturated/α-hetero) is 1. The lowest BCUT2D eigenvalue weighted by molar-refractivity contribution is -0.124. The molecule has 6 rings (SSSR count). The Hall–Kier alpha value is -4.24. The summed E-state index contributed by atoms with van der Waals surface area (Å²) in [7, 11) is 0. The van der Waals surface area contributed by atoms with Crippen LogP contribution in [-0.2, 0) is 11.4 Å². The van der Waals surface area contributed by atoms with Gasteiger partial charge in [0.15, 0.2) is 0 Å². The standard InChI is InChI=1S/C28H23FN4O3S/c1-16-2-7-24(37-16)15-35-22-12-19(29)13-23(14-22)36-21-5-3-17(4-6-21)25-26-27(30)31-8-9-33(26)28(32-25)18-10-20(34)11-18/h2-9,12-14,18H,10-11,15H2,1H3,(H2,30,31). The quantitative estimate of drug-likeness (QED) is 0.274. The van der Waals surface area contributed by atoms with Gasteiger partial charge in [-0.2, -0.15) is 0 Å². The Kier molecular flexibility index (Phi) is 5.84. The highest BCUT2D eigenvalue weighted by Crippen LogP contribution is 2.38. The molecule has 2 aromatic carbocycles. The number of aryl methyl sites for hydroxylation is 1. The van der Waals surface area contributed by atoms with Crippen LogP contribution in [0.2, 0.25) is 0 Å². The zero-order valence-corrected chi connectivity index (χ0v) is 20.8. The van der Waals surface area contributed by atoms with Crippen LogP contribution < -0.4 is 15.2 Å². The first kappa shape index (κ1) is 23.2. The minimum atomic E-state index is -0.444. The molecule has 1 fully saturated rings. The number of nitrogens with zero attached hydrogens (tertiary/aromatic N) is 3. The smallest absolute Gasteiger partial charge is 0.150 e. The van der Waals surface area contributed by atoms with E-state index in [-0.39, 0.29) is 11.7 Å². The third-order valence-corrected chi connectivity index (χ3v) is 7.28. The molecule has 2 N–H and O–H groups in total. The molecule has 0 spiro atoms. The molecule has 1 aliphatic carbocycles. The molecule has 1 aliphatic rings. The molecule has 186 valence electrons. The number of hydrogen-bond acceptors (Lipinski definition) is 7. The van der Waals surface area contributed by atoms with Crippen LogP contribution in [0.15, 0.2) is 67.0 Å². The van der Waals surface area contributed by atoms with E-state index in [1.165, 1.54) is 17.0 Å². The van der Waals surface area contributed by atoms with Crippen LogP contribution in [0.4, 0.5) is 10.2 Å². The van der Waals surface area contributed by atoms with Crippen molar-refractivity contribution in [1.29, 1.82) is 0 Å². The van der Waals surface area contributed by atoms with Crippen LogP contribution in [0.1, 0.15) is 34.3 Å². The second-order valence-electron chi connectivity index (χ2n) is 9.04. The third-order valence-electron chi connectivity index (χ3n) is 6.31. The van der Waals surface area contributed by atoms with E-state index in [4.69, 9.17) is 20.2 Å². The maximum Gasteiger partial charge on any atom is 0.150 e. The summed E-state index contributed by atoms with van der Waals surface area (Å²) < 4.78 is 27.9. The lowest BCUT2D eigenvalue weighted by Crippen LogP contribution is -2.23. The van der Waals surface area contributed by atoms with Crippen molar-refractivity contribution in [3.05, 3.63) is 88.4 Å². The number of ketones is 1. The summed E-state index contributed by atoms with van der Waals surface area (Å²) in [5.41, 5.74) is 8.44. The highest BCUT2D eigenvalue weighted by Gasteiger charge is 2.32. The Labute approximate surface area is 216 Å². The summed E-state index contributed by atoms with van der Waals surface area (Å²) in [4.78, 5) is 22.9. The summed E-state index contributed by atoms with van der Waals surface area (Å²) in [5, 5.41) is 0. The molecule has 0 unspecified atom stereocenters. The maximum atomic E-state index is 14.3. The molecule has 5 aromatic rings. The van der Waals surface area contributed by atoms with Gasteiger partial charge in [0.2, 0.25) is 0 Å². The van der Waals surface area contributed by atoms with Gasteiger partial charge in [0.1, 0.15) is 58.3 Å². The van der Waals surface area contributed by atoms with Crippen LogP contribution in [-0.4, -0.2) is 20.2 Å². The average molecular weight is 515 g/mol. The summed E-state index contributed by atoms with van der Waals surface area (Å²) in [5.74, 6) is 2.31. The summed E-state index contributed by atoms with van der Waals surface area (Å²) in [6, 6.07) is 15.7. The predicted molar refractivity (Wildman–Crippen MR) is 140 cm³/mol. The van der Waals surface area contributed by atoms with Gasteiger partial charge in [-0.3, -0.25) is 9.20 Å². The Morgan fingerprint density at radius 1 is 1.08 bits per heavy atom. The lowest BCUT2D eigenvalue weighted by Gasteiger charge is -2.22. The van der Waals surface area contributed by atoms with E-state index in [0.29, 0.717) is 53.7 Å². The number of thiophene rings is 1. The van der Waals surface area contributed by atoms with Crippen LogP contribution in [0.3, 0.4) is 0 Å². The number of aromatic nitrogens is 3. The fourth-order valence-corrected chi connectivity index (χ4v) is 5.27. The van der Waals surface area contributed by atoms with Gasteiger partial charge in [0.25, 0.3) is 0 Å². The van der Waals surface area contributed by atoms with Crippen molar-refractivity contribution in [3.63, 3.8) is 0 Å². The van der Waals surface area contributed by atoms with Crippen molar-refractivity contribution in [2.24, 2.45) is 0 Å². The largest absolute Gasteiger partial charge is 0.488 e. The molecule has 0 saturated heterocycles. The van der Waals surface area contributed by atoms with Gasteiger partial charge in [-0.25, -0.2) is 14.4 Å². The van der Waals surface area contributed by atoms with Gasteiger partial charge in [0, 0.05) is 64.7 Å². The zero-order valence-electron chi connectivity index (χ0n) is 20.0. The number of benzene rings is 2. The van der Waals surface area contributed by atoms with E-state index in [2.05, 4.69) is 4.98 Å². The van der Waals surface area contributed by atoms with E-state index >= 15 is 0 Å². The Morgan fingerprint density at radius 2 is 1.86 bits per heavy atom. The molecule has 1 saturated carbocycles. The van der Waals surface area contributed by atoms with Crippen molar-refractivity contribution in [2.45, 2.75) is 32.3 Å². The number of carbonyl (C=O) groups is 1. The van der Waals surface area contributed by atoms with Gasteiger partial charge in [-0.1, -0.05) is 0 Å². The van der Waals surface area contributed by atoms with Gasteiger partial charge in [-0.05, 0) is 43.3 Å². The minimum absolute atomic E-state index is 0.0754. The van der Waals surface area contributed by atoms with Crippen molar-refractivity contribution in [1.82, 2.24) is 14.4 Å². The maximum absolute atomic E-state index is 14.3. The molecule has 0 amide bonds. The number of rotatable bonds is 7. The molecule has 3 aromatic heterocycles. The average Bonchev–Trinajstić information content (AvgIpc) is 3.45. The number of nitrogens with two attached hydrogens (primary N) is 1. The molecule has 7 nitrogen and oxygen atoms in total.